The molecule has 2 nitrogen and oxygen atoms in total. The second-order valence-corrected chi connectivity index (χ2v) is 8.55. The normalized spacial score (nSPS) is 15.5. The van der Waals surface area contributed by atoms with Crippen LogP contribution in [0.3, 0.4) is 0 Å². The largest absolute Gasteiger partial charge is 0.462 e. The van der Waals surface area contributed by atoms with Crippen molar-refractivity contribution in [2.24, 2.45) is 0 Å². The van der Waals surface area contributed by atoms with Crippen LogP contribution in [0.1, 0.15) is 22.3 Å². The molecule has 0 unspecified atom stereocenters. The molecule has 0 heterocycles. The maximum Gasteiger partial charge on any atom is 0.460 e. The summed E-state index contributed by atoms with van der Waals surface area (Å²) in [5.41, 5.74) is -0.0444. The van der Waals surface area contributed by atoms with Gasteiger partial charge in [0.2, 0.25) is 0 Å². The van der Waals surface area contributed by atoms with Crippen LogP contribution in [0, 0.1) is 6.92 Å². The van der Waals surface area contributed by atoms with Gasteiger partial charge in [0.1, 0.15) is 0 Å². The van der Waals surface area contributed by atoms with Gasteiger partial charge < -0.3 is 4.74 Å². The van der Waals surface area contributed by atoms with Crippen LogP contribution in [0.2, 0.25) is 0 Å². The van der Waals surface area contributed by atoms with E-state index in [1.54, 1.807) is 0 Å². The van der Waals surface area contributed by atoms with Gasteiger partial charge in [-0.25, -0.2) is 4.79 Å². The molecule has 0 aromatic heterocycles. The van der Waals surface area contributed by atoms with Gasteiger partial charge in [0, 0.05) is 0 Å². The number of halogens is 21. The van der Waals surface area contributed by atoms with Gasteiger partial charge in [0.05, 0.1) is 18.6 Å². The molecule has 0 saturated carbocycles. The number of carbonyl (C=O) groups is 1. The first-order chi connectivity index (χ1) is 18.6. The molecule has 0 bridgehead atoms. The Morgan fingerprint density at radius 1 is 0.512 bits per heavy atom. The molecule has 0 atom stereocenters. The molecule has 0 aliphatic rings. The van der Waals surface area contributed by atoms with Crippen molar-refractivity contribution in [1.82, 2.24) is 0 Å². The molecule has 23 heteroatoms. The number of hydrogen-bond acceptors (Lipinski definition) is 2. The maximum atomic E-state index is 13.9. The van der Waals surface area contributed by atoms with E-state index in [4.69, 9.17) is 0 Å². The number of benzene rings is 1. The molecular weight excluding hydrogens is 671 g/mol. The van der Waals surface area contributed by atoms with E-state index in [0.29, 0.717) is 5.56 Å². The fourth-order valence-corrected chi connectivity index (χ4v) is 2.79. The van der Waals surface area contributed by atoms with Gasteiger partial charge in [-0.3, -0.25) is 0 Å². The fraction of sp³-hybridized carbons (Fsp3) is 0.650. The van der Waals surface area contributed by atoms with Gasteiger partial charge in [0.25, 0.3) is 0 Å². The van der Waals surface area contributed by atoms with E-state index < -0.39 is 84.0 Å². The summed E-state index contributed by atoms with van der Waals surface area (Å²) in [4.78, 5) is 11.6. The number of aryl methyl sites for hydroxylation is 1. The highest BCUT2D eigenvalue weighted by Gasteiger charge is 2.97. The highest BCUT2D eigenvalue weighted by Crippen LogP contribution is 2.66. The highest BCUT2D eigenvalue weighted by molar-refractivity contribution is 5.89. The maximum absolute atomic E-state index is 13.9. The van der Waals surface area contributed by atoms with Crippen molar-refractivity contribution in [3.8, 4) is 0 Å². The first kappa shape index (κ1) is 38.2. The van der Waals surface area contributed by atoms with E-state index in [-0.39, 0.29) is 0 Å². The minimum atomic E-state index is -9.22. The van der Waals surface area contributed by atoms with Crippen LogP contribution in [0.15, 0.2) is 24.3 Å². The molecule has 0 saturated heterocycles. The third-order valence-electron chi connectivity index (χ3n) is 5.51. The Hall–Kier alpha value is -2.78. The first-order valence-corrected chi connectivity index (χ1v) is 10.3. The van der Waals surface area contributed by atoms with Gasteiger partial charge in [-0.05, 0) is 19.1 Å². The van der Waals surface area contributed by atoms with Crippen LogP contribution < -0.4 is 0 Å². The van der Waals surface area contributed by atoms with Crippen LogP contribution >= 0.6 is 0 Å². The predicted molar refractivity (Wildman–Crippen MR) is 96.7 cm³/mol. The lowest BCUT2D eigenvalue weighted by molar-refractivity contribution is -0.474. The molecule has 0 radical (unpaired) electrons. The summed E-state index contributed by atoms with van der Waals surface area (Å²) >= 11 is 0. The summed E-state index contributed by atoms with van der Waals surface area (Å²) < 4.78 is 284. The molecular formula is C20H11F21O2. The fourth-order valence-electron chi connectivity index (χ4n) is 2.79. The third kappa shape index (κ3) is 5.52. The van der Waals surface area contributed by atoms with Crippen LogP contribution in [0.4, 0.5) is 92.2 Å². The Balaban J connectivity index is 3.47. The van der Waals surface area contributed by atoms with Crippen molar-refractivity contribution >= 4 is 5.97 Å². The molecule has 0 spiro atoms. The summed E-state index contributed by atoms with van der Waals surface area (Å²) in [5.74, 6) is -79.2. The van der Waals surface area contributed by atoms with Crippen molar-refractivity contribution < 1.29 is 102 Å². The van der Waals surface area contributed by atoms with Gasteiger partial charge >= 0.3 is 65.4 Å². The first-order valence-electron chi connectivity index (χ1n) is 10.3. The van der Waals surface area contributed by atoms with E-state index in [1.165, 1.54) is 19.1 Å². The van der Waals surface area contributed by atoms with Crippen molar-refractivity contribution in [1.29, 1.82) is 0 Å². The second-order valence-electron chi connectivity index (χ2n) is 8.55. The van der Waals surface area contributed by atoms with Crippen molar-refractivity contribution in [3.63, 3.8) is 0 Å². The number of rotatable bonds is 12. The molecule has 43 heavy (non-hydrogen) atoms. The van der Waals surface area contributed by atoms with Crippen LogP contribution in [-0.4, -0.2) is 72.1 Å². The third-order valence-corrected chi connectivity index (χ3v) is 5.51. The Morgan fingerprint density at radius 2 is 0.814 bits per heavy atom. The number of carbonyl (C=O) groups excluding carboxylic acids is 1. The Bertz CT molecular complexity index is 1150. The van der Waals surface area contributed by atoms with Gasteiger partial charge in [-0.15, -0.1) is 0 Å². The molecule has 0 amide bonds. The van der Waals surface area contributed by atoms with Gasteiger partial charge in [-0.1, -0.05) is 17.7 Å². The SMILES string of the molecule is Cc1ccc(C(=O)OCCC(F)(F)C(F)(F)C(F)(F)C(F)(F)C(F)(F)C(F)(F)C(F)(F)C(F)(F)C(F)(F)C(F)(F)F)cc1. The van der Waals surface area contributed by atoms with Crippen molar-refractivity contribution in [2.45, 2.75) is 72.8 Å². The van der Waals surface area contributed by atoms with E-state index in [9.17, 15) is 97.0 Å². The summed E-state index contributed by atoms with van der Waals surface area (Å²) in [6.45, 7) is -0.683. The lowest BCUT2D eigenvalue weighted by Gasteiger charge is -2.44. The number of alkyl halides is 21. The van der Waals surface area contributed by atoms with Crippen LogP contribution in [-0.2, 0) is 4.74 Å². The smallest absolute Gasteiger partial charge is 0.460 e. The number of ether oxygens (including phenoxy) is 1. The molecule has 1 rings (SSSR count). The second kappa shape index (κ2) is 10.7. The number of hydrogen-bond donors (Lipinski definition) is 0. The average molecular weight is 682 g/mol. The number of esters is 1. The Morgan fingerprint density at radius 3 is 1.14 bits per heavy atom. The topological polar surface area (TPSA) is 26.3 Å². The zero-order chi connectivity index (χ0) is 34.7. The zero-order valence-corrected chi connectivity index (χ0v) is 20.0. The zero-order valence-electron chi connectivity index (χ0n) is 20.0. The van der Waals surface area contributed by atoms with E-state index in [1.807, 2.05) is 0 Å². The lowest BCUT2D eigenvalue weighted by atomic mass is 9.86. The minimum absolute atomic E-state index is 0.476. The molecule has 1 aromatic carbocycles. The van der Waals surface area contributed by atoms with Crippen molar-refractivity contribution in [2.75, 3.05) is 6.61 Å². The Labute approximate surface area is 223 Å². The van der Waals surface area contributed by atoms with E-state index in [2.05, 4.69) is 4.74 Å². The molecule has 0 fully saturated rings. The molecule has 0 N–H and O–H groups in total. The summed E-state index contributed by atoms with van der Waals surface area (Å²) in [6, 6.07) is 4.21. The Kier molecular flexibility index (Phi) is 9.50. The highest BCUT2D eigenvalue weighted by atomic mass is 19.4. The predicted octanol–water partition coefficient (Wildman–Crippen LogP) is 8.82. The van der Waals surface area contributed by atoms with E-state index in [0.717, 1.165) is 12.1 Å². The quantitative estimate of drug-likeness (QED) is 0.163. The summed E-state index contributed by atoms with van der Waals surface area (Å²) in [6.07, 6.45) is -11.0. The monoisotopic (exact) mass is 682 g/mol. The van der Waals surface area contributed by atoms with Crippen LogP contribution in [0.5, 0.6) is 0 Å². The van der Waals surface area contributed by atoms with Gasteiger partial charge in [-0.2, -0.15) is 92.2 Å². The molecule has 1 aromatic rings. The molecule has 250 valence electrons. The van der Waals surface area contributed by atoms with E-state index >= 15 is 0 Å². The molecule has 0 aliphatic heterocycles. The van der Waals surface area contributed by atoms with Crippen LogP contribution in [0.25, 0.3) is 0 Å². The van der Waals surface area contributed by atoms with Gasteiger partial charge in [0.15, 0.2) is 0 Å². The standard InChI is InChI=1S/C20H11F21O2/c1-8-2-4-9(5-3-8)10(42)43-7-6-11(21,22)12(23,24)13(25,26)14(27,28)15(29,30)16(31,32)17(33,34)18(35,36)19(37,38)20(39,40)41/h2-5H,6-7H2,1H3. The average Bonchev–Trinajstić information content (AvgIpc) is 2.82. The lowest BCUT2D eigenvalue weighted by Crippen LogP contribution is -2.76. The molecule has 0 aliphatic carbocycles. The summed E-state index contributed by atoms with van der Waals surface area (Å²) in [5, 5.41) is 0. The summed E-state index contributed by atoms with van der Waals surface area (Å²) in [7, 11) is 0. The minimum Gasteiger partial charge on any atom is -0.462 e. The van der Waals surface area contributed by atoms with Crippen molar-refractivity contribution in [3.05, 3.63) is 35.4 Å².